The third-order valence-electron chi connectivity index (χ3n) is 5.56. The summed E-state index contributed by atoms with van der Waals surface area (Å²) in [5, 5.41) is 10.4. The number of imidazole rings is 1. The minimum Gasteiger partial charge on any atom is -0.374 e. The molecule has 39 heavy (non-hydrogen) atoms. The quantitative estimate of drug-likeness (QED) is 0.247. The number of hydrogen-bond donors (Lipinski definition) is 4. The summed E-state index contributed by atoms with van der Waals surface area (Å²) in [4.78, 5) is 53.6. The molecule has 0 saturated carbocycles. The minimum atomic E-state index is -1.38. The normalized spacial score (nSPS) is 11.7. The molecule has 1 heterocycles. The van der Waals surface area contributed by atoms with Crippen LogP contribution in [0.4, 0.5) is 10.6 Å². The molecule has 3 rings (SSSR count). The van der Waals surface area contributed by atoms with Gasteiger partial charge in [0.25, 0.3) is 5.91 Å². The van der Waals surface area contributed by atoms with Crippen LogP contribution in [-0.2, 0) is 38.8 Å². The zero-order valence-corrected chi connectivity index (χ0v) is 21.8. The molecule has 3 aromatic rings. The van der Waals surface area contributed by atoms with Gasteiger partial charge in [-0.05, 0) is 25.0 Å². The summed E-state index contributed by atoms with van der Waals surface area (Å²) < 4.78 is 7.21. The van der Waals surface area contributed by atoms with Gasteiger partial charge < -0.3 is 30.6 Å². The van der Waals surface area contributed by atoms with Crippen LogP contribution in [0.3, 0.4) is 0 Å². The van der Waals surface area contributed by atoms with Crippen LogP contribution in [0.2, 0.25) is 0 Å². The summed E-state index contributed by atoms with van der Waals surface area (Å²) >= 11 is 0. The highest BCUT2D eigenvalue weighted by molar-refractivity contribution is 6.57. The number of rotatable bonds is 13. The fourth-order valence-electron chi connectivity index (χ4n) is 3.50. The molecule has 0 saturated heterocycles. The number of carbonyl (C=O) groups excluding carboxylic acids is 4. The van der Waals surface area contributed by atoms with Crippen LogP contribution >= 0.6 is 0 Å². The molecule has 1 aromatic heterocycles. The van der Waals surface area contributed by atoms with Gasteiger partial charge >= 0.3 is 0 Å². The zero-order valence-electron chi connectivity index (χ0n) is 21.8. The summed E-state index contributed by atoms with van der Waals surface area (Å²) in [5.41, 5.74) is 0.489. The van der Waals surface area contributed by atoms with Crippen molar-refractivity contribution in [3.8, 4) is 0 Å². The van der Waals surface area contributed by atoms with Crippen molar-refractivity contribution < 1.29 is 23.9 Å². The highest BCUT2D eigenvalue weighted by Crippen LogP contribution is 2.08. The second-order valence-electron chi connectivity index (χ2n) is 9.32. The van der Waals surface area contributed by atoms with Gasteiger partial charge in [0.1, 0.15) is 18.1 Å². The maximum atomic E-state index is 13.1. The number of aromatic nitrogens is 2. The number of ether oxygens (including phenoxy) is 1. The van der Waals surface area contributed by atoms with Gasteiger partial charge in [-0.3, -0.25) is 19.2 Å². The van der Waals surface area contributed by atoms with Crippen molar-refractivity contribution in [1.29, 1.82) is 0 Å². The summed E-state index contributed by atoms with van der Waals surface area (Å²) in [5.74, 6) is -2.14. The van der Waals surface area contributed by atoms with E-state index in [0.29, 0.717) is 6.54 Å². The summed E-state index contributed by atoms with van der Waals surface area (Å²) in [7, 11) is 5.17. The molecule has 0 fully saturated rings. The Balaban J connectivity index is 1.59. The molecule has 0 aliphatic heterocycles. The van der Waals surface area contributed by atoms with E-state index in [1.54, 1.807) is 0 Å². The van der Waals surface area contributed by atoms with Crippen LogP contribution in [0.25, 0.3) is 0 Å². The first-order valence-electron chi connectivity index (χ1n) is 12.3. The second-order valence-corrected chi connectivity index (χ2v) is 9.32. The maximum Gasteiger partial charge on any atom is 0.250 e. The van der Waals surface area contributed by atoms with Crippen molar-refractivity contribution in [2.24, 2.45) is 0 Å². The van der Waals surface area contributed by atoms with E-state index in [9.17, 15) is 19.2 Å². The van der Waals surface area contributed by atoms with E-state index in [1.807, 2.05) is 60.7 Å². The van der Waals surface area contributed by atoms with Gasteiger partial charge in [-0.25, -0.2) is 4.98 Å². The minimum absolute atomic E-state index is 0.00301. The number of nitrogens with one attached hydrogen (secondary N) is 4. The molecule has 0 aliphatic rings. The number of benzene rings is 2. The lowest BCUT2D eigenvalue weighted by Crippen LogP contribution is -2.59. The molecule has 2 aromatic carbocycles. The first kappa shape index (κ1) is 29.1. The van der Waals surface area contributed by atoms with E-state index >= 15 is 0 Å². The monoisotopic (exact) mass is 530 g/mol. The maximum absolute atomic E-state index is 13.1. The van der Waals surface area contributed by atoms with Crippen molar-refractivity contribution in [1.82, 2.24) is 25.5 Å². The van der Waals surface area contributed by atoms with E-state index < -0.39 is 29.2 Å². The average molecular weight is 530 g/mol. The first-order valence-corrected chi connectivity index (χ1v) is 12.3. The summed E-state index contributed by atoms with van der Waals surface area (Å²) in [6, 6.07) is 17.7. The highest BCUT2D eigenvalue weighted by atomic mass is 16.5. The van der Waals surface area contributed by atoms with E-state index in [0.717, 1.165) is 11.1 Å². The van der Waals surface area contributed by atoms with Gasteiger partial charge in [-0.1, -0.05) is 60.7 Å². The second kappa shape index (κ2) is 13.9. The molecular formula is C27H31BN6O5. The standard InChI is InChI=1S/C27H31BN6O5/c1-27(2,33-26(28)38)25(37)31-21(17-39-16-20-11-7-4-8-12-20)24(36)32-22-14-34(18-30-22)15-23(35)29-13-19-9-5-3-6-10-19/h3-12,14,18,21H,13,15-17H2,1-2H3,(H,29,35)(H,31,37)(H,32,36)(H,33,38)/t21-/m1/s1. The zero-order chi connectivity index (χ0) is 28.3. The third-order valence-corrected chi connectivity index (χ3v) is 5.56. The van der Waals surface area contributed by atoms with Gasteiger partial charge in [0.2, 0.25) is 19.7 Å². The molecular weight excluding hydrogens is 499 g/mol. The smallest absolute Gasteiger partial charge is 0.250 e. The Morgan fingerprint density at radius 3 is 2.28 bits per heavy atom. The van der Waals surface area contributed by atoms with Crippen molar-refractivity contribution in [3.05, 3.63) is 84.3 Å². The predicted octanol–water partition coefficient (Wildman–Crippen LogP) is 1.50. The molecule has 0 bridgehead atoms. The van der Waals surface area contributed by atoms with Gasteiger partial charge in [0.15, 0.2) is 11.6 Å². The van der Waals surface area contributed by atoms with Crippen molar-refractivity contribution in [3.63, 3.8) is 0 Å². The molecule has 1 atom stereocenters. The van der Waals surface area contributed by atoms with Crippen LogP contribution in [-0.4, -0.2) is 59.1 Å². The van der Waals surface area contributed by atoms with E-state index in [1.165, 1.54) is 30.9 Å². The van der Waals surface area contributed by atoms with E-state index in [-0.39, 0.29) is 31.5 Å². The largest absolute Gasteiger partial charge is 0.374 e. The molecule has 4 N–H and O–H groups in total. The van der Waals surface area contributed by atoms with Crippen LogP contribution in [0.5, 0.6) is 0 Å². The molecule has 0 aliphatic carbocycles. The molecule has 4 amide bonds. The Morgan fingerprint density at radius 2 is 1.64 bits per heavy atom. The SMILES string of the molecule is [B]C(=O)NC(C)(C)C(=O)N[C@H](COCc1ccccc1)C(=O)Nc1cn(CC(=O)NCc2ccccc2)cn1. The van der Waals surface area contributed by atoms with Crippen LogP contribution < -0.4 is 21.3 Å². The van der Waals surface area contributed by atoms with E-state index in [4.69, 9.17) is 12.6 Å². The summed E-state index contributed by atoms with van der Waals surface area (Å²) in [6.45, 7) is 3.37. The fraction of sp³-hybridized carbons (Fsp3) is 0.296. The highest BCUT2D eigenvalue weighted by Gasteiger charge is 2.32. The van der Waals surface area contributed by atoms with Crippen LogP contribution in [0, 0.1) is 0 Å². The fourth-order valence-corrected chi connectivity index (χ4v) is 3.50. The van der Waals surface area contributed by atoms with Crippen molar-refractivity contribution in [2.45, 2.75) is 45.1 Å². The van der Waals surface area contributed by atoms with Gasteiger partial charge in [0, 0.05) is 12.7 Å². The Morgan fingerprint density at radius 1 is 1.00 bits per heavy atom. The third kappa shape index (κ3) is 9.74. The summed E-state index contributed by atoms with van der Waals surface area (Å²) in [6.07, 6.45) is 2.92. The Kier molecular flexibility index (Phi) is 10.4. The average Bonchev–Trinajstić information content (AvgIpc) is 3.33. The van der Waals surface area contributed by atoms with Gasteiger partial charge in [-0.15, -0.1) is 0 Å². The molecule has 0 unspecified atom stereocenters. The topological polar surface area (TPSA) is 143 Å². The Bertz CT molecular complexity index is 1270. The lowest BCUT2D eigenvalue weighted by molar-refractivity contribution is -0.131. The number of carbonyl (C=O) groups is 4. The molecule has 0 spiro atoms. The van der Waals surface area contributed by atoms with Crippen LogP contribution in [0.15, 0.2) is 73.2 Å². The number of amides is 4. The van der Waals surface area contributed by atoms with Crippen molar-refractivity contribution in [2.75, 3.05) is 11.9 Å². The number of anilines is 1. The van der Waals surface area contributed by atoms with Gasteiger partial charge in [-0.2, -0.15) is 0 Å². The van der Waals surface area contributed by atoms with Crippen molar-refractivity contribution >= 4 is 37.2 Å². The first-order chi connectivity index (χ1) is 18.6. The lowest BCUT2D eigenvalue weighted by atomic mass is 10.00. The molecule has 202 valence electrons. The van der Waals surface area contributed by atoms with Gasteiger partial charge in [0.05, 0.1) is 19.5 Å². The number of nitrogens with zero attached hydrogens (tertiary/aromatic N) is 2. The molecule has 11 nitrogen and oxygen atoms in total. The Labute approximate surface area is 228 Å². The van der Waals surface area contributed by atoms with E-state index in [2.05, 4.69) is 26.3 Å². The molecule has 2 radical (unpaired) electrons. The lowest BCUT2D eigenvalue weighted by Gasteiger charge is -2.27. The van der Waals surface area contributed by atoms with Crippen LogP contribution in [0.1, 0.15) is 25.0 Å². The Hall–Kier alpha value is -4.45. The number of hydrogen-bond acceptors (Lipinski definition) is 6. The molecule has 12 heteroatoms. The predicted molar refractivity (Wildman–Crippen MR) is 146 cm³/mol.